The third kappa shape index (κ3) is 5.05. The van der Waals surface area contributed by atoms with E-state index in [0.717, 1.165) is 8.04 Å². The van der Waals surface area contributed by atoms with Crippen molar-refractivity contribution in [2.45, 2.75) is 33.2 Å². The van der Waals surface area contributed by atoms with Gasteiger partial charge in [-0.1, -0.05) is 36.7 Å². The second kappa shape index (κ2) is 6.89. The molecule has 0 heterocycles. The number of hydrogen-bond donors (Lipinski definition) is 2. The Balaban J connectivity index is 2.96. The zero-order valence-electron chi connectivity index (χ0n) is 11.5. The van der Waals surface area contributed by atoms with E-state index in [1.807, 2.05) is 32.9 Å². The molecule has 1 aromatic rings. The van der Waals surface area contributed by atoms with E-state index in [2.05, 4.69) is 43.8 Å². The maximum absolute atomic E-state index is 12.3. The minimum absolute atomic E-state index is 0.0974. The van der Waals surface area contributed by atoms with Crippen molar-refractivity contribution in [1.29, 1.82) is 0 Å². The molecule has 0 aliphatic carbocycles. The molecule has 1 aromatic carbocycles. The molecule has 1 unspecified atom stereocenters. The first-order valence-corrected chi connectivity index (χ1v) is 7.96. The van der Waals surface area contributed by atoms with Crippen molar-refractivity contribution >= 4 is 50.4 Å². The lowest BCUT2D eigenvalue weighted by Crippen LogP contribution is -2.45. The number of carboxylic acids is 1. The van der Waals surface area contributed by atoms with Gasteiger partial charge in [0.25, 0.3) is 5.91 Å². The van der Waals surface area contributed by atoms with Gasteiger partial charge in [-0.3, -0.25) is 9.59 Å². The summed E-state index contributed by atoms with van der Waals surface area (Å²) in [4.78, 5) is 23.3. The summed E-state index contributed by atoms with van der Waals surface area (Å²) < 4.78 is 1.64. The summed E-state index contributed by atoms with van der Waals surface area (Å²) in [7, 11) is 0. The Morgan fingerprint density at radius 2 is 2.00 bits per heavy atom. The highest BCUT2D eigenvalue weighted by Crippen LogP contribution is 2.24. The van der Waals surface area contributed by atoms with E-state index < -0.39 is 12.0 Å². The zero-order chi connectivity index (χ0) is 15.5. The van der Waals surface area contributed by atoms with Gasteiger partial charge in [0.05, 0.1) is 12.0 Å². The summed E-state index contributed by atoms with van der Waals surface area (Å²) in [5, 5.41) is 11.8. The van der Waals surface area contributed by atoms with Crippen LogP contribution in [-0.4, -0.2) is 23.0 Å². The van der Waals surface area contributed by atoms with E-state index in [4.69, 9.17) is 5.11 Å². The lowest BCUT2D eigenvalue weighted by molar-refractivity contribution is -0.138. The van der Waals surface area contributed by atoms with Crippen molar-refractivity contribution in [3.63, 3.8) is 0 Å². The monoisotopic (exact) mass is 453 g/mol. The van der Waals surface area contributed by atoms with Crippen LogP contribution in [-0.2, 0) is 4.79 Å². The Morgan fingerprint density at radius 1 is 1.40 bits per heavy atom. The fourth-order valence-corrected chi connectivity index (χ4v) is 2.60. The van der Waals surface area contributed by atoms with Crippen molar-refractivity contribution in [1.82, 2.24) is 5.32 Å². The molecule has 0 bridgehead atoms. The predicted molar refractivity (Wildman–Crippen MR) is 89.8 cm³/mol. The van der Waals surface area contributed by atoms with Crippen molar-refractivity contribution in [2.24, 2.45) is 5.41 Å². The topological polar surface area (TPSA) is 66.4 Å². The molecule has 110 valence electrons. The number of carboxylic acid groups (broad SMARTS) is 1. The Labute approximate surface area is 140 Å². The second-order valence-electron chi connectivity index (χ2n) is 5.61. The molecule has 0 radical (unpaired) electrons. The van der Waals surface area contributed by atoms with Gasteiger partial charge >= 0.3 is 5.97 Å². The third-order valence-corrected chi connectivity index (χ3v) is 4.34. The molecule has 2 N–H and O–H groups in total. The third-order valence-electron chi connectivity index (χ3n) is 2.90. The fourth-order valence-electron chi connectivity index (χ4n) is 1.66. The highest BCUT2D eigenvalue weighted by Gasteiger charge is 2.29. The number of aliphatic carboxylic acids is 1. The molecule has 0 spiro atoms. The van der Waals surface area contributed by atoms with E-state index in [1.54, 1.807) is 6.07 Å². The highest BCUT2D eigenvalue weighted by atomic mass is 127. The van der Waals surface area contributed by atoms with Gasteiger partial charge < -0.3 is 10.4 Å². The summed E-state index contributed by atoms with van der Waals surface area (Å²) in [5.74, 6) is -1.17. The summed E-state index contributed by atoms with van der Waals surface area (Å²) in [6.45, 7) is 5.73. The number of halogens is 2. The predicted octanol–water partition coefficient (Wildman–Crippen LogP) is 3.67. The van der Waals surface area contributed by atoms with Gasteiger partial charge in [0.1, 0.15) is 0 Å². The molecule has 0 saturated heterocycles. The number of benzene rings is 1. The maximum Gasteiger partial charge on any atom is 0.305 e. The molecule has 6 heteroatoms. The zero-order valence-corrected chi connectivity index (χ0v) is 15.3. The van der Waals surface area contributed by atoms with Gasteiger partial charge in [0, 0.05) is 14.1 Å². The van der Waals surface area contributed by atoms with Gasteiger partial charge in [-0.05, 0) is 46.2 Å². The quantitative estimate of drug-likeness (QED) is 0.683. The van der Waals surface area contributed by atoms with Crippen LogP contribution in [0.25, 0.3) is 0 Å². The molecular formula is C14H17BrINO3. The first-order valence-electron chi connectivity index (χ1n) is 6.09. The summed E-state index contributed by atoms with van der Waals surface area (Å²) in [6.07, 6.45) is -0.0974. The first-order chi connectivity index (χ1) is 9.11. The minimum atomic E-state index is -0.922. The van der Waals surface area contributed by atoms with Crippen LogP contribution < -0.4 is 5.32 Å². The van der Waals surface area contributed by atoms with Gasteiger partial charge in [-0.15, -0.1) is 0 Å². The lowest BCUT2D eigenvalue weighted by atomic mass is 9.84. The first kappa shape index (κ1) is 17.4. The Morgan fingerprint density at radius 3 is 2.50 bits per heavy atom. The van der Waals surface area contributed by atoms with Crippen LogP contribution in [0.5, 0.6) is 0 Å². The average Bonchev–Trinajstić information content (AvgIpc) is 2.29. The minimum Gasteiger partial charge on any atom is -0.481 e. The summed E-state index contributed by atoms with van der Waals surface area (Å²) >= 11 is 5.42. The SMILES string of the molecule is CC(C)(C)C(CC(=O)O)NC(=O)c1cc(Br)ccc1I. The molecule has 0 saturated carbocycles. The molecule has 1 amide bonds. The summed E-state index contributed by atoms with van der Waals surface area (Å²) in [6, 6.07) is 5.00. The van der Waals surface area contributed by atoms with Crippen molar-refractivity contribution in [3.05, 3.63) is 31.8 Å². The number of carbonyl (C=O) groups is 2. The Bertz CT molecular complexity index is 526. The van der Waals surface area contributed by atoms with Crippen LogP contribution in [0.2, 0.25) is 0 Å². The smallest absolute Gasteiger partial charge is 0.305 e. The number of amides is 1. The van der Waals surface area contributed by atoms with E-state index in [-0.39, 0.29) is 17.7 Å². The normalized spacial score (nSPS) is 12.8. The maximum atomic E-state index is 12.3. The lowest BCUT2D eigenvalue weighted by Gasteiger charge is -2.30. The van der Waals surface area contributed by atoms with Crippen LogP contribution in [0.4, 0.5) is 0 Å². The largest absolute Gasteiger partial charge is 0.481 e. The Hall–Kier alpha value is -0.630. The molecule has 0 aliphatic heterocycles. The standard InChI is InChI=1S/C14H17BrINO3/c1-14(2,3)11(7-12(18)19)17-13(20)9-6-8(15)4-5-10(9)16/h4-6,11H,7H2,1-3H3,(H,17,20)(H,18,19). The van der Waals surface area contributed by atoms with Crippen molar-refractivity contribution in [3.8, 4) is 0 Å². The molecular weight excluding hydrogens is 437 g/mol. The second-order valence-corrected chi connectivity index (χ2v) is 7.69. The van der Waals surface area contributed by atoms with Crippen LogP contribution in [0, 0.1) is 8.99 Å². The van der Waals surface area contributed by atoms with E-state index >= 15 is 0 Å². The van der Waals surface area contributed by atoms with Crippen LogP contribution in [0.3, 0.4) is 0 Å². The van der Waals surface area contributed by atoms with Gasteiger partial charge in [-0.25, -0.2) is 0 Å². The molecule has 20 heavy (non-hydrogen) atoms. The molecule has 0 aromatic heterocycles. The van der Waals surface area contributed by atoms with Gasteiger partial charge in [0.15, 0.2) is 0 Å². The fraction of sp³-hybridized carbons (Fsp3) is 0.429. The van der Waals surface area contributed by atoms with E-state index in [1.165, 1.54) is 0 Å². The van der Waals surface area contributed by atoms with Crippen LogP contribution >= 0.6 is 38.5 Å². The molecule has 0 aliphatic rings. The summed E-state index contributed by atoms with van der Waals surface area (Å²) in [5.41, 5.74) is 0.213. The average molecular weight is 454 g/mol. The number of nitrogens with one attached hydrogen (secondary N) is 1. The van der Waals surface area contributed by atoms with Gasteiger partial charge in [0.2, 0.25) is 0 Å². The number of carbonyl (C=O) groups excluding carboxylic acids is 1. The number of rotatable bonds is 4. The van der Waals surface area contributed by atoms with Crippen LogP contribution in [0.1, 0.15) is 37.6 Å². The molecule has 1 rings (SSSR count). The molecule has 1 atom stereocenters. The van der Waals surface area contributed by atoms with E-state index in [0.29, 0.717) is 5.56 Å². The van der Waals surface area contributed by atoms with Crippen molar-refractivity contribution < 1.29 is 14.7 Å². The van der Waals surface area contributed by atoms with Crippen molar-refractivity contribution in [2.75, 3.05) is 0 Å². The Kier molecular flexibility index (Phi) is 6.00. The highest BCUT2D eigenvalue weighted by molar-refractivity contribution is 14.1. The molecule has 4 nitrogen and oxygen atoms in total. The molecule has 0 fully saturated rings. The van der Waals surface area contributed by atoms with Crippen LogP contribution in [0.15, 0.2) is 22.7 Å². The van der Waals surface area contributed by atoms with E-state index in [9.17, 15) is 9.59 Å². The van der Waals surface area contributed by atoms with Gasteiger partial charge in [-0.2, -0.15) is 0 Å². The number of hydrogen-bond acceptors (Lipinski definition) is 2.